The van der Waals surface area contributed by atoms with Crippen LogP contribution in [-0.4, -0.2) is 49.1 Å². The lowest BCUT2D eigenvalue weighted by Gasteiger charge is -2.36. The van der Waals surface area contributed by atoms with Gasteiger partial charge in [-0.25, -0.2) is 0 Å². The zero-order chi connectivity index (χ0) is 16.2. The van der Waals surface area contributed by atoms with E-state index in [0.717, 1.165) is 24.5 Å². The molecule has 0 radical (unpaired) electrons. The molecule has 0 aliphatic carbocycles. The Labute approximate surface area is 134 Å². The number of piperazine rings is 1. The number of hydrogen-bond acceptors (Lipinski definition) is 4. The number of H-pyrrole nitrogens is 1. The van der Waals surface area contributed by atoms with Crippen molar-refractivity contribution in [3.63, 3.8) is 0 Å². The van der Waals surface area contributed by atoms with Crippen LogP contribution in [0.5, 0.6) is 5.75 Å². The van der Waals surface area contributed by atoms with E-state index in [1.165, 1.54) is 12.3 Å². The van der Waals surface area contributed by atoms with Crippen LogP contribution < -0.4 is 15.2 Å². The fourth-order valence-electron chi connectivity index (χ4n) is 2.77. The van der Waals surface area contributed by atoms with Crippen LogP contribution in [0.25, 0.3) is 0 Å². The third kappa shape index (κ3) is 3.21. The average molecular weight is 313 g/mol. The summed E-state index contributed by atoms with van der Waals surface area (Å²) in [4.78, 5) is 30.1. The lowest BCUT2D eigenvalue weighted by molar-refractivity contribution is 0.0746. The first-order chi connectivity index (χ1) is 11.2. The predicted molar refractivity (Wildman–Crippen MR) is 88.2 cm³/mol. The number of rotatable bonds is 3. The van der Waals surface area contributed by atoms with Crippen LogP contribution in [-0.2, 0) is 0 Å². The van der Waals surface area contributed by atoms with Crippen LogP contribution in [0.2, 0.25) is 0 Å². The smallest absolute Gasteiger partial charge is 0.255 e. The number of ether oxygens (including phenoxy) is 1. The van der Waals surface area contributed by atoms with Gasteiger partial charge in [-0.15, -0.1) is 0 Å². The van der Waals surface area contributed by atoms with E-state index in [4.69, 9.17) is 4.74 Å². The molecule has 0 saturated carbocycles. The Bertz CT molecular complexity index is 728. The predicted octanol–water partition coefficient (Wildman–Crippen LogP) is 1.35. The Morgan fingerprint density at radius 2 is 1.83 bits per heavy atom. The van der Waals surface area contributed by atoms with E-state index in [1.54, 1.807) is 18.1 Å². The van der Waals surface area contributed by atoms with Gasteiger partial charge in [-0.2, -0.15) is 0 Å². The fraction of sp³-hybridized carbons (Fsp3) is 0.294. The van der Waals surface area contributed by atoms with Gasteiger partial charge in [0, 0.05) is 38.4 Å². The number of benzene rings is 1. The molecule has 6 heteroatoms. The maximum absolute atomic E-state index is 12.4. The van der Waals surface area contributed by atoms with E-state index < -0.39 is 0 Å². The number of carbonyl (C=O) groups is 1. The Balaban J connectivity index is 1.67. The Morgan fingerprint density at radius 1 is 1.09 bits per heavy atom. The Morgan fingerprint density at radius 3 is 2.48 bits per heavy atom. The zero-order valence-corrected chi connectivity index (χ0v) is 13.0. The molecule has 3 rings (SSSR count). The zero-order valence-electron chi connectivity index (χ0n) is 13.0. The maximum Gasteiger partial charge on any atom is 0.255 e. The quantitative estimate of drug-likeness (QED) is 0.929. The number of methoxy groups -OCH3 is 1. The molecule has 1 N–H and O–H groups in total. The highest BCUT2D eigenvalue weighted by Gasteiger charge is 2.23. The minimum atomic E-state index is -0.206. The standard InChI is InChI=1S/C17H19N3O3/c1-23-15-5-3-2-4-14(15)19-8-10-20(11-9-19)17(22)13-6-7-16(21)18-12-13/h2-7,12H,8-11H2,1H3,(H,18,21). The van der Waals surface area contributed by atoms with Crippen LogP contribution in [0.3, 0.4) is 0 Å². The first-order valence-corrected chi connectivity index (χ1v) is 7.55. The van der Waals surface area contributed by atoms with E-state index in [9.17, 15) is 9.59 Å². The monoisotopic (exact) mass is 313 g/mol. The number of nitrogens with zero attached hydrogens (tertiary/aromatic N) is 2. The van der Waals surface area contributed by atoms with Gasteiger partial charge in [-0.3, -0.25) is 9.59 Å². The van der Waals surface area contributed by atoms with Crippen LogP contribution in [0.4, 0.5) is 5.69 Å². The fourth-order valence-corrected chi connectivity index (χ4v) is 2.77. The van der Waals surface area contributed by atoms with Crippen LogP contribution >= 0.6 is 0 Å². The number of carbonyl (C=O) groups excluding carboxylic acids is 1. The number of aromatic nitrogens is 1. The van der Waals surface area contributed by atoms with Crippen LogP contribution in [0.1, 0.15) is 10.4 Å². The second kappa shape index (κ2) is 6.56. The van der Waals surface area contributed by atoms with Crippen molar-refractivity contribution in [1.82, 2.24) is 9.88 Å². The van der Waals surface area contributed by atoms with Crippen LogP contribution in [0.15, 0.2) is 47.4 Å². The van der Waals surface area contributed by atoms with Crippen molar-refractivity contribution in [2.45, 2.75) is 0 Å². The second-order valence-electron chi connectivity index (χ2n) is 5.39. The summed E-state index contributed by atoms with van der Waals surface area (Å²) in [6.07, 6.45) is 1.47. The van der Waals surface area contributed by atoms with Gasteiger partial charge in [0.2, 0.25) is 5.56 Å². The molecule has 1 aromatic carbocycles. The van der Waals surface area contributed by atoms with Crippen LogP contribution in [0, 0.1) is 0 Å². The van der Waals surface area contributed by atoms with Gasteiger partial charge in [-0.05, 0) is 18.2 Å². The van der Waals surface area contributed by atoms with Gasteiger partial charge >= 0.3 is 0 Å². The van der Waals surface area contributed by atoms with Crippen molar-refractivity contribution in [3.8, 4) is 5.75 Å². The third-order valence-corrected chi connectivity index (χ3v) is 4.02. The van der Waals surface area contributed by atoms with Gasteiger partial charge in [0.05, 0.1) is 18.4 Å². The highest BCUT2D eigenvalue weighted by atomic mass is 16.5. The molecule has 0 bridgehead atoms. The van der Waals surface area contributed by atoms with Gasteiger partial charge < -0.3 is 19.5 Å². The maximum atomic E-state index is 12.4. The summed E-state index contributed by atoms with van der Waals surface area (Å²) in [5, 5.41) is 0. The summed E-state index contributed by atoms with van der Waals surface area (Å²) in [7, 11) is 1.66. The Kier molecular flexibility index (Phi) is 4.32. The SMILES string of the molecule is COc1ccccc1N1CCN(C(=O)c2ccc(=O)[nH]c2)CC1. The molecule has 1 fully saturated rings. The summed E-state index contributed by atoms with van der Waals surface area (Å²) in [5.41, 5.74) is 1.35. The molecule has 0 unspecified atom stereocenters. The van der Waals surface area contributed by atoms with Crippen molar-refractivity contribution in [1.29, 1.82) is 0 Å². The molecule has 2 heterocycles. The van der Waals surface area contributed by atoms with E-state index in [0.29, 0.717) is 18.7 Å². The summed E-state index contributed by atoms with van der Waals surface area (Å²) in [5.74, 6) is 0.786. The van der Waals surface area contributed by atoms with Crippen molar-refractivity contribution in [3.05, 3.63) is 58.5 Å². The molecule has 120 valence electrons. The Hall–Kier alpha value is -2.76. The molecule has 0 atom stereocenters. The van der Waals surface area contributed by atoms with E-state index in [-0.39, 0.29) is 11.5 Å². The van der Waals surface area contributed by atoms with Gasteiger partial charge in [0.1, 0.15) is 5.75 Å². The summed E-state index contributed by atoms with van der Waals surface area (Å²) >= 11 is 0. The molecule has 1 amide bonds. The molecule has 23 heavy (non-hydrogen) atoms. The topological polar surface area (TPSA) is 65.6 Å². The molecule has 6 nitrogen and oxygen atoms in total. The normalized spacial score (nSPS) is 14.7. The molecule has 1 aromatic heterocycles. The molecule has 1 aliphatic rings. The average Bonchev–Trinajstić information content (AvgIpc) is 2.62. The van der Waals surface area contributed by atoms with E-state index in [1.807, 2.05) is 24.3 Å². The number of hydrogen-bond donors (Lipinski definition) is 1. The number of para-hydroxylation sites is 2. The second-order valence-corrected chi connectivity index (χ2v) is 5.39. The van der Waals surface area contributed by atoms with Crippen molar-refractivity contribution < 1.29 is 9.53 Å². The summed E-state index contributed by atoms with van der Waals surface area (Å²) in [6.45, 7) is 2.76. The van der Waals surface area contributed by atoms with Gasteiger partial charge in [0.25, 0.3) is 5.91 Å². The third-order valence-electron chi connectivity index (χ3n) is 4.02. The highest BCUT2D eigenvalue weighted by Crippen LogP contribution is 2.28. The lowest BCUT2D eigenvalue weighted by atomic mass is 10.2. The van der Waals surface area contributed by atoms with Crippen molar-refractivity contribution >= 4 is 11.6 Å². The molecule has 1 aliphatic heterocycles. The number of nitrogens with one attached hydrogen (secondary N) is 1. The van der Waals surface area contributed by atoms with E-state index >= 15 is 0 Å². The van der Waals surface area contributed by atoms with Gasteiger partial charge in [0.15, 0.2) is 0 Å². The first kappa shape index (κ1) is 15.1. The largest absolute Gasteiger partial charge is 0.495 e. The molecular formula is C17H19N3O3. The summed E-state index contributed by atoms with van der Waals surface area (Å²) in [6, 6.07) is 10.8. The molecule has 1 saturated heterocycles. The summed E-state index contributed by atoms with van der Waals surface area (Å²) < 4.78 is 5.40. The molecular weight excluding hydrogens is 294 g/mol. The number of aromatic amines is 1. The van der Waals surface area contributed by atoms with Crippen molar-refractivity contribution in [2.24, 2.45) is 0 Å². The number of pyridine rings is 1. The minimum Gasteiger partial charge on any atom is -0.495 e. The van der Waals surface area contributed by atoms with Crippen molar-refractivity contribution in [2.75, 3.05) is 38.2 Å². The lowest BCUT2D eigenvalue weighted by Crippen LogP contribution is -2.49. The number of amides is 1. The first-order valence-electron chi connectivity index (χ1n) is 7.55. The van der Waals surface area contributed by atoms with Gasteiger partial charge in [-0.1, -0.05) is 12.1 Å². The number of anilines is 1. The highest BCUT2D eigenvalue weighted by molar-refractivity contribution is 5.94. The molecule has 0 spiro atoms. The minimum absolute atomic E-state index is 0.0547. The molecule has 2 aromatic rings. The van der Waals surface area contributed by atoms with E-state index in [2.05, 4.69) is 9.88 Å².